The summed E-state index contributed by atoms with van der Waals surface area (Å²) >= 11 is 0. The summed E-state index contributed by atoms with van der Waals surface area (Å²) in [5.41, 5.74) is 2.33. The predicted molar refractivity (Wildman–Crippen MR) is 86.1 cm³/mol. The molecule has 3 rings (SSSR count). The summed E-state index contributed by atoms with van der Waals surface area (Å²) in [6.07, 6.45) is 5.19. The number of nitrogens with one attached hydrogen (secondary N) is 2. The van der Waals surface area contributed by atoms with Crippen molar-refractivity contribution in [2.24, 2.45) is 0 Å². The van der Waals surface area contributed by atoms with Crippen LogP contribution in [0.25, 0.3) is 5.69 Å². The Morgan fingerprint density at radius 2 is 2.19 bits per heavy atom. The molecule has 4 heteroatoms. The number of anilines is 1. The van der Waals surface area contributed by atoms with Gasteiger partial charge < -0.3 is 19.9 Å². The molecule has 0 aliphatic carbocycles. The van der Waals surface area contributed by atoms with Crippen molar-refractivity contribution in [2.75, 3.05) is 25.1 Å². The molecule has 21 heavy (non-hydrogen) atoms. The maximum Gasteiger partial charge on any atom is 0.0621 e. The van der Waals surface area contributed by atoms with Gasteiger partial charge in [0, 0.05) is 42.4 Å². The van der Waals surface area contributed by atoms with Gasteiger partial charge in [-0.05, 0) is 43.7 Å². The molecule has 1 fully saturated rings. The van der Waals surface area contributed by atoms with E-state index >= 15 is 0 Å². The molecule has 0 radical (unpaired) electrons. The third kappa shape index (κ3) is 3.86. The van der Waals surface area contributed by atoms with E-state index in [9.17, 15) is 0 Å². The summed E-state index contributed by atoms with van der Waals surface area (Å²) in [6.45, 7) is 4.83. The van der Waals surface area contributed by atoms with Crippen LogP contribution >= 0.6 is 0 Å². The number of benzene rings is 1. The first-order chi connectivity index (χ1) is 10.3. The smallest absolute Gasteiger partial charge is 0.0621 e. The van der Waals surface area contributed by atoms with Crippen LogP contribution in [-0.2, 0) is 4.74 Å². The van der Waals surface area contributed by atoms with Crippen LogP contribution in [0, 0.1) is 0 Å². The fraction of sp³-hybridized carbons (Fsp3) is 0.412. The van der Waals surface area contributed by atoms with E-state index in [1.54, 1.807) is 0 Å². The summed E-state index contributed by atoms with van der Waals surface area (Å²) in [5, 5.41) is 7.08. The first kappa shape index (κ1) is 14.2. The number of rotatable bonds is 5. The van der Waals surface area contributed by atoms with Crippen molar-refractivity contribution in [3.05, 3.63) is 48.8 Å². The van der Waals surface area contributed by atoms with Crippen molar-refractivity contribution < 1.29 is 4.74 Å². The largest absolute Gasteiger partial charge is 0.382 e. The highest BCUT2D eigenvalue weighted by atomic mass is 16.5. The quantitative estimate of drug-likeness (QED) is 0.887. The molecule has 0 bridgehead atoms. The van der Waals surface area contributed by atoms with Crippen LogP contribution in [0.15, 0.2) is 48.8 Å². The van der Waals surface area contributed by atoms with E-state index in [2.05, 4.69) is 58.8 Å². The van der Waals surface area contributed by atoms with Gasteiger partial charge in [0.15, 0.2) is 0 Å². The Bertz CT molecular complexity index is 547. The third-order valence-corrected chi connectivity index (χ3v) is 3.80. The summed E-state index contributed by atoms with van der Waals surface area (Å²) in [5.74, 6) is 0. The average Bonchev–Trinajstić information content (AvgIpc) is 3.02. The van der Waals surface area contributed by atoms with Crippen LogP contribution in [0.1, 0.15) is 13.3 Å². The summed E-state index contributed by atoms with van der Waals surface area (Å²) in [7, 11) is 0. The van der Waals surface area contributed by atoms with E-state index in [4.69, 9.17) is 4.74 Å². The van der Waals surface area contributed by atoms with E-state index in [0.29, 0.717) is 12.1 Å². The predicted octanol–water partition coefficient (Wildman–Crippen LogP) is 2.66. The molecule has 1 aliphatic rings. The molecule has 2 N–H and O–H groups in total. The van der Waals surface area contributed by atoms with E-state index in [-0.39, 0.29) is 0 Å². The summed E-state index contributed by atoms with van der Waals surface area (Å²) in [6, 6.07) is 13.4. The summed E-state index contributed by atoms with van der Waals surface area (Å²) < 4.78 is 7.63. The van der Waals surface area contributed by atoms with Gasteiger partial charge in [0.1, 0.15) is 0 Å². The maximum atomic E-state index is 5.51. The lowest BCUT2D eigenvalue weighted by Gasteiger charge is -2.27. The highest BCUT2D eigenvalue weighted by Crippen LogP contribution is 2.17. The number of nitrogens with zero attached hydrogens (tertiary/aromatic N) is 1. The average molecular weight is 285 g/mol. The molecule has 1 aliphatic heterocycles. The van der Waals surface area contributed by atoms with Gasteiger partial charge in [-0.3, -0.25) is 0 Å². The maximum absolute atomic E-state index is 5.51. The van der Waals surface area contributed by atoms with E-state index in [1.807, 2.05) is 12.1 Å². The SMILES string of the molecule is CC(CC1COCCN1)Nc1cccc(-n2cccc2)c1. The molecule has 0 spiro atoms. The number of hydrogen-bond donors (Lipinski definition) is 2. The molecule has 1 aromatic carbocycles. The van der Waals surface area contributed by atoms with E-state index in [0.717, 1.165) is 31.9 Å². The highest BCUT2D eigenvalue weighted by Gasteiger charge is 2.16. The molecule has 1 aromatic heterocycles. The zero-order valence-corrected chi connectivity index (χ0v) is 12.5. The molecular formula is C17H23N3O. The number of hydrogen-bond acceptors (Lipinski definition) is 3. The van der Waals surface area contributed by atoms with Crippen LogP contribution in [-0.4, -0.2) is 36.4 Å². The second kappa shape index (κ2) is 6.78. The molecule has 2 heterocycles. The molecule has 2 atom stereocenters. The second-order valence-corrected chi connectivity index (χ2v) is 5.65. The standard InChI is InChI=1S/C17H23N3O/c1-14(11-16-13-21-10-7-18-16)19-15-5-4-6-17(12-15)20-8-2-3-9-20/h2-6,8-9,12,14,16,18-19H,7,10-11,13H2,1H3. The van der Waals surface area contributed by atoms with Gasteiger partial charge in [0.2, 0.25) is 0 Å². The third-order valence-electron chi connectivity index (χ3n) is 3.80. The zero-order valence-electron chi connectivity index (χ0n) is 12.5. The molecule has 112 valence electrons. The van der Waals surface area contributed by atoms with Gasteiger partial charge in [-0.25, -0.2) is 0 Å². The van der Waals surface area contributed by atoms with Gasteiger partial charge >= 0.3 is 0 Å². The van der Waals surface area contributed by atoms with Crippen molar-refractivity contribution in [3.63, 3.8) is 0 Å². The lowest BCUT2D eigenvalue weighted by Crippen LogP contribution is -2.43. The highest BCUT2D eigenvalue weighted by molar-refractivity contribution is 5.51. The molecule has 2 aromatic rings. The van der Waals surface area contributed by atoms with Gasteiger partial charge in [0.05, 0.1) is 13.2 Å². The molecular weight excluding hydrogens is 262 g/mol. The van der Waals surface area contributed by atoms with Crippen LogP contribution < -0.4 is 10.6 Å². The van der Waals surface area contributed by atoms with Crippen LogP contribution in [0.5, 0.6) is 0 Å². The van der Waals surface area contributed by atoms with Crippen LogP contribution in [0.3, 0.4) is 0 Å². The molecule has 4 nitrogen and oxygen atoms in total. The van der Waals surface area contributed by atoms with Gasteiger partial charge in [-0.1, -0.05) is 6.07 Å². The Morgan fingerprint density at radius 3 is 2.95 bits per heavy atom. The van der Waals surface area contributed by atoms with E-state index < -0.39 is 0 Å². The van der Waals surface area contributed by atoms with Crippen molar-refractivity contribution in [1.29, 1.82) is 0 Å². The normalized spacial score (nSPS) is 20.1. The van der Waals surface area contributed by atoms with Crippen molar-refractivity contribution in [2.45, 2.75) is 25.4 Å². The first-order valence-corrected chi connectivity index (χ1v) is 7.62. The number of aromatic nitrogens is 1. The minimum absolute atomic E-state index is 0.407. The Labute approximate surface area is 126 Å². The summed E-state index contributed by atoms with van der Waals surface area (Å²) in [4.78, 5) is 0. The second-order valence-electron chi connectivity index (χ2n) is 5.65. The molecule has 2 unspecified atom stereocenters. The topological polar surface area (TPSA) is 38.2 Å². The van der Waals surface area contributed by atoms with Crippen LogP contribution in [0.4, 0.5) is 5.69 Å². The number of morpholine rings is 1. The monoisotopic (exact) mass is 285 g/mol. The lowest BCUT2D eigenvalue weighted by atomic mass is 10.1. The molecule has 1 saturated heterocycles. The van der Waals surface area contributed by atoms with Gasteiger partial charge in [0.25, 0.3) is 0 Å². The van der Waals surface area contributed by atoms with Crippen LogP contribution in [0.2, 0.25) is 0 Å². The number of ether oxygens (including phenoxy) is 1. The Hall–Kier alpha value is -1.78. The first-order valence-electron chi connectivity index (χ1n) is 7.62. The zero-order chi connectivity index (χ0) is 14.5. The van der Waals surface area contributed by atoms with Crippen molar-refractivity contribution in [3.8, 4) is 5.69 Å². The Balaban J connectivity index is 1.60. The minimum atomic E-state index is 0.407. The lowest BCUT2D eigenvalue weighted by molar-refractivity contribution is 0.0731. The Morgan fingerprint density at radius 1 is 1.33 bits per heavy atom. The fourth-order valence-electron chi connectivity index (χ4n) is 2.80. The van der Waals surface area contributed by atoms with Crippen molar-refractivity contribution >= 4 is 5.69 Å². The van der Waals surface area contributed by atoms with Gasteiger partial charge in [-0.15, -0.1) is 0 Å². The van der Waals surface area contributed by atoms with Gasteiger partial charge in [-0.2, -0.15) is 0 Å². The molecule has 0 saturated carbocycles. The van der Waals surface area contributed by atoms with E-state index in [1.165, 1.54) is 5.69 Å². The Kier molecular flexibility index (Phi) is 4.58. The molecule has 0 amide bonds. The fourth-order valence-corrected chi connectivity index (χ4v) is 2.80. The van der Waals surface area contributed by atoms with Crippen molar-refractivity contribution in [1.82, 2.24) is 9.88 Å². The minimum Gasteiger partial charge on any atom is -0.382 e.